The van der Waals surface area contributed by atoms with Crippen molar-refractivity contribution in [2.24, 2.45) is 10.2 Å². The lowest BCUT2D eigenvalue weighted by Crippen LogP contribution is -2.44. The lowest BCUT2D eigenvalue weighted by Gasteiger charge is -2.33. The summed E-state index contributed by atoms with van der Waals surface area (Å²) in [4.78, 5) is 28.1. The zero-order valence-electron chi connectivity index (χ0n) is 20.0. The summed E-state index contributed by atoms with van der Waals surface area (Å²) in [5.41, 5.74) is -0.568. The molecule has 0 aromatic rings. The zero-order chi connectivity index (χ0) is 23.6. The van der Waals surface area contributed by atoms with E-state index in [1.807, 2.05) is 0 Å². The molecule has 2 amide bonds. The number of hydrogen-bond donors (Lipinski definition) is 0. The first-order chi connectivity index (χ1) is 15.4. The lowest BCUT2D eigenvalue weighted by atomic mass is 10.4. The topological polar surface area (TPSA) is 74.6 Å². The summed E-state index contributed by atoms with van der Waals surface area (Å²) < 4.78 is 6.81. The number of thioether (sulfide) groups is 2. The summed E-state index contributed by atoms with van der Waals surface area (Å²) in [6.45, 7) is 10.8. The van der Waals surface area contributed by atoms with Crippen LogP contribution in [0.2, 0.25) is 18.1 Å². The molecule has 180 valence electrons. The number of amides is 2. The van der Waals surface area contributed by atoms with Crippen molar-refractivity contribution in [3.8, 4) is 0 Å². The molecule has 2 aliphatic heterocycles. The fraction of sp³-hybridized carbons (Fsp3) is 0.727. The van der Waals surface area contributed by atoms with Crippen LogP contribution in [0.15, 0.2) is 22.9 Å². The molecule has 2 saturated heterocycles. The van der Waals surface area contributed by atoms with E-state index in [1.165, 1.54) is 28.4 Å². The SMILES string of the molecule is C=CCN1C(=O)C(O[Si](CCCC)(CCCC)CCCC)SC1=NN=C1SCC(=O)N1C. The summed E-state index contributed by atoms with van der Waals surface area (Å²) in [5.74, 6) is 0.306. The highest BCUT2D eigenvalue weighted by Gasteiger charge is 2.45. The molecule has 1 atom stereocenters. The van der Waals surface area contributed by atoms with E-state index in [2.05, 4.69) is 37.6 Å². The summed E-state index contributed by atoms with van der Waals surface area (Å²) in [6.07, 6.45) is 8.55. The van der Waals surface area contributed by atoms with Crippen LogP contribution >= 0.6 is 23.5 Å². The maximum Gasteiger partial charge on any atom is 0.267 e. The van der Waals surface area contributed by atoms with Crippen molar-refractivity contribution in [1.29, 1.82) is 0 Å². The van der Waals surface area contributed by atoms with Gasteiger partial charge in [-0.1, -0.05) is 77.1 Å². The minimum Gasteiger partial charge on any atom is -0.397 e. The molecule has 0 aromatic heterocycles. The van der Waals surface area contributed by atoms with Gasteiger partial charge in [0, 0.05) is 13.6 Å². The van der Waals surface area contributed by atoms with Crippen molar-refractivity contribution >= 4 is 54.0 Å². The second kappa shape index (κ2) is 13.6. The average Bonchev–Trinajstić information content (AvgIpc) is 3.26. The Hall–Kier alpha value is -1.10. The highest BCUT2D eigenvalue weighted by atomic mass is 32.2. The molecule has 0 aliphatic carbocycles. The summed E-state index contributed by atoms with van der Waals surface area (Å²) in [5, 5.41) is 9.69. The van der Waals surface area contributed by atoms with Crippen molar-refractivity contribution in [1.82, 2.24) is 9.80 Å². The van der Waals surface area contributed by atoms with Gasteiger partial charge in [0.15, 0.2) is 24.1 Å². The predicted octanol–water partition coefficient (Wildman–Crippen LogP) is 5.27. The second-order valence-corrected chi connectivity index (χ2v) is 14.4. The first-order valence-electron chi connectivity index (χ1n) is 11.7. The molecule has 2 heterocycles. The van der Waals surface area contributed by atoms with E-state index < -0.39 is 13.8 Å². The highest BCUT2D eigenvalue weighted by Crippen LogP contribution is 2.37. The van der Waals surface area contributed by atoms with Crippen molar-refractivity contribution in [3.05, 3.63) is 12.7 Å². The Labute approximate surface area is 202 Å². The van der Waals surface area contributed by atoms with Gasteiger partial charge in [-0.05, 0) is 29.9 Å². The van der Waals surface area contributed by atoms with Gasteiger partial charge in [-0.15, -0.1) is 16.8 Å². The largest absolute Gasteiger partial charge is 0.397 e. The fourth-order valence-corrected chi connectivity index (χ4v) is 10.9. The van der Waals surface area contributed by atoms with Crippen LogP contribution < -0.4 is 0 Å². The molecule has 0 N–H and O–H groups in total. The maximum atomic E-state index is 13.3. The third-order valence-corrected chi connectivity index (χ3v) is 12.5. The van der Waals surface area contributed by atoms with E-state index in [1.54, 1.807) is 18.0 Å². The second-order valence-electron chi connectivity index (χ2n) is 8.31. The molecule has 32 heavy (non-hydrogen) atoms. The van der Waals surface area contributed by atoms with Gasteiger partial charge in [0.1, 0.15) is 0 Å². The molecule has 0 bridgehead atoms. The van der Waals surface area contributed by atoms with Gasteiger partial charge in [0.25, 0.3) is 5.91 Å². The van der Waals surface area contributed by atoms with Gasteiger partial charge >= 0.3 is 0 Å². The van der Waals surface area contributed by atoms with Crippen LogP contribution in [0.3, 0.4) is 0 Å². The smallest absolute Gasteiger partial charge is 0.267 e. The van der Waals surface area contributed by atoms with Crippen LogP contribution in [0.1, 0.15) is 59.3 Å². The first kappa shape index (κ1) is 27.1. The number of nitrogens with zero attached hydrogens (tertiary/aromatic N) is 4. The minimum absolute atomic E-state index is 0.00631. The number of unbranched alkanes of at least 4 members (excludes halogenated alkanes) is 3. The Morgan fingerprint density at radius 2 is 1.62 bits per heavy atom. The molecule has 10 heteroatoms. The standard InChI is InChI=1S/C22H38N4O3S2Si/c1-6-10-14-32(15-11-7-2,16-12-8-3)29-20-19(28)26(13-9-4)22(31-20)24-23-21-25(5)18(27)17-30-21/h9,20H,4,6-8,10-17H2,1-3,5H3. The third-order valence-electron chi connectivity index (χ3n) is 5.74. The van der Waals surface area contributed by atoms with Crippen molar-refractivity contribution in [2.75, 3.05) is 19.3 Å². The highest BCUT2D eigenvalue weighted by molar-refractivity contribution is 8.15. The van der Waals surface area contributed by atoms with Crippen molar-refractivity contribution in [3.63, 3.8) is 0 Å². The molecular formula is C22H38N4O3S2Si. The Balaban J connectivity index is 2.26. The van der Waals surface area contributed by atoms with E-state index in [0.29, 0.717) is 22.6 Å². The molecule has 0 aromatic carbocycles. The molecule has 0 spiro atoms. The number of hydrogen-bond acceptors (Lipinski definition) is 7. The number of amidine groups is 2. The van der Waals surface area contributed by atoms with Gasteiger partial charge in [-0.2, -0.15) is 0 Å². The molecule has 7 nitrogen and oxygen atoms in total. The molecule has 2 aliphatic rings. The van der Waals surface area contributed by atoms with E-state index in [4.69, 9.17) is 4.43 Å². The van der Waals surface area contributed by atoms with Gasteiger partial charge in [-0.25, -0.2) is 0 Å². The van der Waals surface area contributed by atoms with E-state index >= 15 is 0 Å². The van der Waals surface area contributed by atoms with Crippen molar-refractivity contribution < 1.29 is 14.0 Å². The molecular weight excluding hydrogens is 460 g/mol. The van der Waals surface area contributed by atoms with Crippen molar-refractivity contribution in [2.45, 2.75) is 82.9 Å². The number of carbonyl (C=O) groups excluding carboxylic acids is 2. The molecule has 0 radical (unpaired) electrons. The Morgan fingerprint density at radius 3 is 2.09 bits per heavy atom. The van der Waals surface area contributed by atoms with Gasteiger partial charge in [0.2, 0.25) is 5.91 Å². The van der Waals surface area contributed by atoms with E-state index in [9.17, 15) is 9.59 Å². The summed E-state index contributed by atoms with van der Waals surface area (Å²) in [6, 6.07) is 3.31. The zero-order valence-corrected chi connectivity index (χ0v) is 22.6. The monoisotopic (exact) mass is 498 g/mol. The van der Waals surface area contributed by atoms with Gasteiger partial charge in [-0.3, -0.25) is 19.4 Å². The lowest BCUT2D eigenvalue weighted by molar-refractivity contribution is -0.130. The van der Waals surface area contributed by atoms with Gasteiger partial charge in [0.05, 0.1) is 5.75 Å². The Kier molecular flexibility index (Phi) is 11.5. The van der Waals surface area contributed by atoms with Crippen LogP contribution in [0.5, 0.6) is 0 Å². The van der Waals surface area contributed by atoms with Crippen LogP contribution in [-0.4, -0.2) is 65.0 Å². The molecule has 2 fully saturated rings. The van der Waals surface area contributed by atoms with Gasteiger partial charge < -0.3 is 4.43 Å². The average molecular weight is 499 g/mol. The normalized spacial score (nSPS) is 22.1. The fourth-order valence-electron chi connectivity index (χ4n) is 3.76. The molecule has 1 unspecified atom stereocenters. The molecule has 2 rings (SSSR count). The van der Waals surface area contributed by atoms with E-state index in [-0.39, 0.29) is 11.8 Å². The molecule has 0 saturated carbocycles. The third kappa shape index (κ3) is 7.20. The quantitative estimate of drug-likeness (QED) is 0.185. The number of carbonyl (C=O) groups is 2. The van der Waals surface area contributed by atoms with Crippen LogP contribution in [0, 0.1) is 0 Å². The number of rotatable bonds is 14. The van der Waals surface area contributed by atoms with Crippen LogP contribution in [0.4, 0.5) is 0 Å². The Bertz CT molecular complexity index is 710. The minimum atomic E-state index is -2.06. The summed E-state index contributed by atoms with van der Waals surface area (Å²) in [7, 11) is -0.367. The van der Waals surface area contributed by atoms with E-state index in [0.717, 1.165) is 56.7 Å². The summed E-state index contributed by atoms with van der Waals surface area (Å²) >= 11 is 2.71. The maximum absolute atomic E-state index is 13.3. The predicted molar refractivity (Wildman–Crippen MR) is 139 cm³/mol. The van der Waals surface area contributed by atoms with Crippen LogP contribution in [0.25, 0.3) is 0 Å². The van der Waals surface area contributed by atoms with Crippen LogP contribution in [-0.2, 0) is 14.0 Å². The first-order valence-corrected chi connectivity index (χ1v) is 16.1. The Morgan fingerprint density at radius 1 is 1.06 bits per heavy atom.